The third-order valence-electron chi connectivity index (χ3n) is 2.57. The van der Waals surface area contributed by atoms with Crippen molar-refractivity contribution in [1.29, 1.82) is 0 Å². The molecule has 7 nitrogen and oxygen atoms in total. The average molecular weight is 296 g/mol. The largest absolute Gasteiger partial charge is 0.437 e. The predicted molar refractivity (Wildman–Crippen MR) is 64.5 cm³/mol. The molecule has 0 fully saturated rings. The predicted octanol–water partition coefficient (Wildman–Crippen LogP) is 1.91. The van der Waals surface area contributed by atoms with Gasteiger partial charge in [0.1, 0.15) is 11.3 Å². The average Bonchev–Trinajstić information content (AvgIpc) is 2.87. The van der Waals surface area contributed by atoms with Gasteiger partial charge in [0.15, 0.2) is 5.65 Å². The molecule has 0 amide bonds. The van der Waals surface area contributed by atoms with Crippen LogP contribution in [-0.2, 0) is 6.18 Å². The van der Waals surface area contributed by atoms with E-state index in [1.807, 2.05) is 0 Å². The second-order valence-electron chi connectivity index (χ2n) is 4.05. The summed E-state index contributed by atoms with van der Waals surface area (Å²) in [6.07, 6.45) is -4.59. The Bertz CT molecular complexity index is 800. The zero-order chi connectivity index (χ0) is 15.0. The Balaban J connectivity index is 2.00. The molecule has 108 valence electrons. The van der Waals surface area contributed by atoms with Crippen LogP contribution in [0.15, 0.2) is 30.3 Å². The summed E-state index contributed by atoms with van der Waals surface area (Å²) in [4.78, 5) is 0. The number of nitrogens with two attached hydrogens (primary N) is 1. The monoisotopic (exact) mass is 296 g/mol. The maximum Gasteiger partial charge on any atom is 0.420 e. The molecule has 0 bridgehead atoms. The van der Waals surface area contributed by atoms with Crippen LogP contribution in [-0.4, -0.2) is 25.3 Å². The van der Waals surface area contributed by atoms with Gasteiger partial charge in [0.25, 0.3) is 0 Å². The lowest BCUT2D eigenvalue weighted by atomic mass is 10.1. The Kier molecular flexibility index (Phi) is 2.85. The molecule has 0 saturated carbocycles. The van der Waals surface area contributed by atoms with Gasteiger partial charge in [0, 0.05) is 11.8 Å². The fourth-order valence-corrected chi connectivity index (χ4v) is 1.66. The van der Waals surface area contributed by atoms with Crippen LogP contribution in [0, 0.1) is 0 Å². The maximum atomic E-state index is 12.9. The van der Waals surface area contributed by atoms with Crippen LogP contribution in [0.4, 0.5) is 18.9 Å². The summed E-state index contributed by atoms with van der Waals surface area (Å²) >= 11 is 0. The first-order chi connectivity index (χ1) is 9.93. The number of alkyl halides is 3. The van der Waals surface area contributed by atoms with E-state index in [1.165, 1.54) is 18.2 Å². The second-order valence-corrected chi connectivity index (χ2v) is 4.05. The summed E-state index contributed by atoms with van der Waals surface area (Å²) in [5, 5.41) is 14.4. The number of fused-ring (bicyclic) bond motifs is 1. The van der Waals surface area contributed by atoms with Gasteiger partial charge < -0.3 is 10.5 Å². The summed E-state index contributed by atoms with van der Waals surface area (Å²) in [6, 6.07) is 6.06. The lowest BCUT2D eigenvalue weighted by Gasteiger charge is -2.13. The van der Waals surface area contributed by atoms with Gasteiger partial charge in [-0.3, -0.25) is 0 Å². The van der Waals surface area contributed by atoms with Crippen molar-refractivity contribution in [3.8, 4) is 11.6 Å². The molecular formula is C11H7F3N6O. The Morgan fingerprint density at radius 1 is 1.14 bits per heavy atom. The molecule has 0 saturated heterocycles. The van der Waals surface area contributed by atoms with Gasteiger partial charge in [0.2, 0.25) is 5.88 Å². The molecule has 3 aromatic rings. The molecule has 0 radical (unpaired) electrons. The Morgan fingerprint density at radius 3 is 2.71 bits per heavy atom. The molecule has 0 aliphatic carbocycles. The summed E-state index contributed by atoms with van der Waals surface area (Å²) in [5.41, 5.74) is 4.72. The Labute approximate surface area is 115 Å². The number of nitrogen functional groups attached to an aromatic ring is 1. The third-order valence-corrected chi connectivity index (χ3v) is 2.57. The molecule has 10 heteroatoms. The van der Waals surface area contributed by atoms with E-state index in [4.69, 9.17) is 10.5 Å². The van der Waals surface area contributed by atoms with E-state index in [-0.39, 0.29) is 11.6 Å². The fourth-order valence-electron chi connectivity index (χ4n) is 1.66. The molecule has 0 unspecified atom stereocenters. The van der Waals surface area contributed by atoms with Gasteiger partial charge in [-0.15, -0.1) is 14.8 Å². The number of nitrogens with zero attached hydrogens (tertiary/aromatic N) is 5. The minimum absolute atomic E-state index is 0.0152. The standard InChI is InChI=1S/C11H7F3N6O/c12-11(13,14)7-5-6(15)1-2-8(7)21-10-4-3-9-16-18-19-20(9)17-10/h1-5H,15H2. The van der Waals surface area contributed by atoms with Crippen LogP contribution >= 0.6 is 0 Å². The summed E-state index contributed by atoms with van der Waals surface area (Å²) in [7, 11) is 0. The number of hydrogen-bond donors (Lipinski definition) is 1. The number of anilines is 1. The van der Waals surface area contributed by atoms with Gasteiger partial charge in [-0.1, -0.05) is 0 Å². The van der Waals surface area contributed by atoms with E-state index in [0.29, 0.717) is 5.65 Å². The highest BCUT2D eigenvalue weighted by Gasteiger charge is 2.35. The van der Waals surface area contributed by atoms with Crippen LogP contribution < -0.4 is 10.5 Å². The van der Waals surface area contributed by atoms with Crippen molar-refractivity contribution < 1.29 is 17.9 Å². The number of ether oxygens (including phenoxy) is 1. The van der Waals surface area contributed by atoms with Crippen LogP contribution in [0.1, 0.15) is 5.56 Å². The van der Waals surface area contributed by atoms with E-state index >= 15 is 0 Å². The van der Waals surface area contributed by atoms with E-state index < -0.39 is 17.5 Å². The molecule has 0 spiro atoms. The van der Waals surface area contributed by atoms with Crippen molar-refractivity contribution in [3.63, 3.8) is 0 Å². The van der Waals surface area contributed by atoms with E-state index in [1.54, 1.807) is 0 Å². The zero-order valence-corrected chi connectivity index (χ0v) is 10.2. The fraction of sp³-hybridized carbons (Fsp3) is 0.0909. The van der Waals surface area contributed by atoms with E-state index in [9.17, 15) is 13.2 Å². The first-order valence-electron chi connectivity index (χ1n) is 5.63. The molecule has 2 heterocycles. The number of benzene rings is 1. The zero-order valence-electron chi connectivity index (χ0n) is 10.2. The van der Waals surface area contributed by atoms with E-state index in [2.05, 4.69) is 20.6 Å². The highest BCUT2D eigenvalue weighted by molar-refractivity contribution is 5.50. The summed E-state index contributed by atoms with van der Waals surface area (Å²) in [6.45, 7) is 0. The molecular weight excluding hydrogens is 289 g/mol. The molecule has 0 atom stereocenters. The van der Waals surface area contributed by atoms with Gasteiger partial charge in [-0.25, -0.2) is 0 Å². The van der Waals surface area contributed by atoms with Gasteiger partial charge >= 0.3 is 6.18 Å². The second kappa shape index (κ2) is 4.58. The lowest BCUT2D eigenvalue weighted by Crippen LogP contribution is -2.08. The highest BCUT2D eigenvalue weighted by atomic mass is 19.4. The van der Waals surface area contributed by atoms with E-state index in [0.717, 1.165) is 16.8 Å². The first-order valence-corrected chi connectivity index (χ1v) is 5.63. The molecule has 2 aromatic heterocycles. The minimum atomic E-state index is -4.59. The SMILES string of the molecule is Nc1ccc(Oc2ccc3nnnn3n2)c(C(F)(F)F)c1. The number of hydrogen-bond acceptors (Lipinski definition) is 6. The summed E-state index contributed by atoms with van der Waals surface area (Å²) < 4.78 is 45.0. The van der Waals surface area contributed by atoms with Gasteiger partial charge in [-0.05, 0) is 34.7 Å². The van der Waals surface area contributed by atoms with Crippen molar-refractivity contribution >= 4 is 11.3 Å². The quantitative estimate of drug-likeness (QED) is 0.726. The van der Waals surface area contributed by atoms with Crippen molar-refractivity contribution in [1.82, 2.24) is 25.3 Å². The Hall–Kier alpha value is -2.91. The highest BCUT2D eigenvalue weighted by Crippen LogP contribution is 2.38. The van der Waals surface area contributed by atoms with Crippen molar-refractivity contribution in [2.45, 2.75) is 6.18 Å². The van der Waals surface area contributed by atoms with Crippen LogP contribution in [0.5, 0.6) is 11.6 Å². The van der Waals surface area contributed by atoms with Crippen LogP contribution in [0.2, 0.25) is 0 Å². The molecule has 0 aliphatic heterocycles. The molecule has 0 aliphatic rings. The summed E-state index contributed by atoms with van der Waals surface area (Å²) in [5.74, 6) is -0.485. The number of aromatic nitrogens is 5. The number of halogens is 3. The van der Waals surface area contributed by atoms with Crippen LogP contribution in [0.3, 0.4) is 0 Å². The lowest BCUT2D eigenvalue weighted by molar-refractivity contribution is -0.138. The molecule has 3 rings (SSSR count). The maximum absolute atomic E-state index is 12.9. The molecule has 2 N–H and O–H groups in total. The van der Waals surface area contributed by atoms with Gasteiger partial charge in [0.05, 0.1) is 0 Å². The minimum Gasteiger partial charge on any atom is -0.437 e. The topological polar surface area (TPSA) is 91.2 Å². The van der Waals surface area contributed by atoms with Gasteiger partial charge in [-0.2, -0.15) is 13.2 Å². The first kappa shape index (κ1) is 13.1. The van der Waals surface area contributed by atoms with Crippen molar-refractivity contribution in [2.75, 3.05) is 5.73 Å². The van der Waals surface area contributed by atoms with Crippen molar-refractivity contribution in [2.24, 2.45) is 0 Å². The van der Waals surface area contributed by atoms with Crippen LogP contribution in [0.25, 0.3) is 5.65 Å². The molecule has 21 heavy (non-hydrogen) atoms. The smallest absolute Gasteiger partial charge is 0.420 e. The Morgan fingerprint density at radius 2 is 1.95 bits per heavy atom. The molecule has 1 aromatic carbocycles. The number of tetrazole rings is 1. The third kappa shape index (κ3) is 2.55. The van der Waals surface area contributed by atoms with Crippen molar-refractivity contribution in [3.05, 3.63) is 35.9 Å². The number of rotatable bonds is 2. The normalized spacial score (nSPS) is 11.8.